The predicted molar refractivity (Wildman–Crippen MR) is 68.2 cm³/mol. The number of Topliss-reactive ketones (excluding diaryl/α,β-unsaturated/α-hetero) is 1. The van der Waals surface area contributed by atoms with E-state index in [1.807, 2.05) is 24.3 Å². The summed E-state index contributed by atoms with van der Waals surface area (Å²) in [5.41, 5.74) is 2.10. The van der Waals surface area contributed by atoms with Gasteiger partial charge in [-0.3, -0.25) is 9.69 Å². The van der Waals surface area contributed by atoms with E-state index in [2.05, 4.69) is 11.8 Å². The van der Waals surface area contributed by atoms with Crippen LogP contribution in [0, 0.1) is 12.8 Å². The molecule has 90 valence electrons. The fraction of sp³-hybridized carbons (Fsp3) is 0.533. The number of rotatable bonds is 2. The number of benzene rings is 1. The van der Waals surface area contributed by atoms with Crippen LogP contribution < -0.4 is 0 Å². The fourth-order valence-corrected chi connectivity index (χ4v) is 3.15. The van der Waals surface area contributed by atoms with Crippen LogP contribution in [-0.4, -0.2) is 29.8 Å². The van der Waals surface area contributed by atoms with Gasteiger partial charge in [-0.25, -0.2) is 0 Å². The standard InChI is InChI=1S/C15H19NO/c1-11-2-4-13(5-3-11)15(17)14-10-12-6-8-16(14)9-7-12/h2-5,12,14H,6-10H2,1H3/t14-/m1/s1. The Bertz CT molecular complexity index is 415. The van der Waals surface area contributed by atoms with Crippen molar-refractivity contribution in [3.8, 4) is 0 Å². The Morgan fingerprint density at radius 3 is 2.35 bits per heavy atom. The third-order valence-electron chi connectivity index (χ3n) is 4.29. The lowest BCUT2D eigenvalue weighted by molar-refractivity contribution is 0.0407. The molecule has 3 aliphatic rings. The summed E-state index contributed by atoms with van der Waals surface area (Å²) < 4.78 is 0. The Morgan fingerprint density at radius 1 is 1.18 bits per heavy atom. The number of hydrogen-bond donors (Lipinski definition) is 0. The van der Waals surface area contributed by atoms with Crippen molar-refractivity contribution in [2.45, 2.75) is 32.2 Å². The number of hydrogen-bond acceptors (Lipinski definition) is 2. The second-order valence-corrected chi connectivity index (χ2v) is 5.46. The molecule has 1 aromatic carbocycles. The molecular formula is C15H19NO. The maximum absolute atomic E-state index is 12.5. The van der Waals surface area contributed by atoms with Gasteiger partial charge in [0.25, 0.3) is 0 Å². The molecule has 3 heterocycles. The molecule has 0 N–H and O–H groups in total. The van der Waals surface area contributed by atoms with E-state index >= 15 is 0 Å². The van der Waals surface area contributed by atoms with E-state index in [0.717, 1.165) is 31.0 Å². The predicted octanol–water partition coefficient (Wildman–Crippen LogP) is 2.66. The van der Waals surface area contributed by atoms with Gasteiger partial charge < -0.3 is 0 Å². The van der Waals surface area contributed by atoms with Crippen LogP contribution in [0.1, 0.15) is 35.2 Å². The van der Waals surface area contributed by atoms with Gasteiger partial charge in [-0.1, -0.05) is 29.8 Å². The Morgan fingerprint density at radius 2 is 1.82 bits per heavy atom. The molecule has 0 radical (unpaired) electrons. The summed E-state index contributed by atoms with van der Waals surface area (Å²) in [6.45, 7) is 4.29. The lowest BCUT2D eigenvalue weighted by Crippen LogP contribution is -2.52. The van der Waals surface area contributed by atoms with Crippen molar-refractivity contribution in [2.24, 2.45) is 5.92 Å². The number of carbonyl (C=O) groups is 1. The molecule has 2 nitrogen and oxygen atoms in total. The Hall–Kier alpha value is -1.15. The van der Waals surface area contributed by atoms with Crippen LogP contribution in [0.25, 0.3) is 0 Å². The second kappa shape index (κ2) is 4.26. The minimum atomic E-state index is 0.158. The molecule has 3 fully saturated rings. The zero-order valence-corrected chi connectivity index (χ0v) is 10.4. The number of aryl methyl sites for hydroxylation is 1. The number of carbonyl (C=O) groups excluding carboxylic acids is 1. The largest absolute Gasteiger partial charge is 0.293 e. The Kier molecular flexibility index (Phi) is 2.75. The van der Waals surface area contributed by atoms with E-state index in [-0.39, 0.29) is 6.04 Å². The molecule has 1 aromatic rings. The van der Waals surface area contributed by atoms with Crippen LogP contribution in [0.4, 0.5) is 0 Å². The first-order chi connectivity index (χ1) is 8.24. The summed E-state index contributed by atoms with van der Waals surface area (Å²) in [6, 6.07) is 8.17. The highest BCUT2D eigenvalue weighted by Gasteiger charge is 2.37. The van der Waals surface area contributed by atoms with Crippen molar-refractivity contribution < 1.29 is 4.79 Å². The molecule has 0 spiro atoms. The minimum Gasteiger partial charge on any atom is -0.293 e. The monoisotopic (exact) mass is 229 g/mol. The maximum atomic E-state index is 12.5. The minimum absolute atomic E-state index is 0.158. The lowest BCUT2D eigenvalue weighted by atomic mass is 9.80. The smallest absolute Gasteiger partial charge is 0.179 e. The Labute approximate surface area is 103 Å². The van der Waals surface area contributed by atoms with Gasteiger partial charge in [-0.2, -0.15) is 0 Å². The number of fused-ring (bicyclic) bond motifs is 3. The molecule has 4 rings (SSSR count). The summed E-state index contributed by atoms with van der Waals surface area (Å²) in [5.74, 6) is 1.12. The van der Waals surface area contributed by atoms with Gasteiger partial charge in [0.1, 0.15) is 0 Å². The van der Waals surface area contributed by atoms with Gasteiger partial charge in [0.05, 0.1) is 6.04 Å². The van der Waals surface area contributed by atoms with Crippen molar-refractivity contribution in [3.05, 3.63) is 35.4 Å². The van der Waals surface area contributed by atoms with Crippen molar-refractivity contribution >= 4 is 5.78 Å². The van der Waals surface area contributed by atoms with Gasteiger partial charge in [-0.05, 0) is 45.2 Å². The highest BCUT2D eigenvalue weighted by Crippen LogP contribution is 2.33. The van der Waals surface area contributed by atoms with Crippen molar-refractivity contribution in [2.75, 3.05) is 13.1 Å². The zero-order chi connectivity index (χ0) is 11.8. The lowest BCUT2D eigenvalue weighted by Gasteiger charge is -2.44. The van der Waals surface area contributed by atoms with E-state index in [9.17, 15) is 4.79 Å². The van der Waals surface area contributed by atoms with Crippen molar-refractivity contribution in [1.29, 1.82) is 0 Å². The average Bonchev–Trinajstić information content (AvgIpc) is 2.40. The van der Waals surface area contributed by atoms with Crippen molar-refractivity contribution in [3.63, 3.8) is 0 Å². The first kappa shape index (κ1) is 11.0. The first-order valence-electron chi connectivity index (χ1n) is 6.59. The summed E-state index contributed by atoms with van der Waals surface area (Å²) in [4.78, 5) is 14.8. The number of ketones is 1. The average molecular weight is 229 g/mol. The molecule has 1 atom stereocenters. The zero-order valence-electron chi connectivity index (χ0n) is 10.4. The second-order valence-electron chi connectivity index (χ2n) is 5.46. The maximum Gasteiger partial charge on any atom is 0.179 e. The molecule has 2 heteroatoms. The summed E-state index contributed by atoms with van der Waals surface area (Å²) >= 11 is 0. The third kappa shape index (κ3) is 2.02. The molecule has 0 aliphatic carbocycles. The molecule has 17 heavy (non-hydrogen) atoms. The summed E-state index contributed by atoms with van der Waals surface area (Å²) in [7, 11) is 0. The SMILES string of the molecule is Cc1ccc(C(=O)[C@H]2CC3CCN2CC3)cc1. The van der Waals surface area contributed by atoms with Gasteiger partial charge in [0.15, 0.2) is 5.78 Å². The molecular weight excluding hydrogens is 210 g/mol. The van der Waals surface area contributed by atoms with Gasteiger partial charge in [0.2, 0.25) is 0 Å². The topological polar surface area (TPSA) is 20.3 Å². The summed E-state index contributed by atoms with van der Waals surface area (Å²) in [5, 5.41) is 0. The normalized spacial score (nSPS) is 31.5. The number of nitrogens with zero attached hydrogens (tertiary/aromatic N) is 1. The van der Waals surface area contributed by atoms with Crippen molar-refractivity contribution in [1.82, 2.24) is 4.90 Å². The van der Waals surface area contributed by atoms with Crippen LogP contribution >= 0.6 is 0 Å². The molecule has 2 bridgehead atoms. The van der Waals surface area contributed by atoms with Crippen LogP contribution in [0.3, 0.4) is 0 Å². The van der Waals surface area contributed by atoms with Gasteiger partial charge in [0, 0.05) is 5.56 Å². The highest BCUT2D eigenvalue weighted by molar-refractivity contribution is 6.00. The van der Waals surface area contributed by atoms with Crippen LogP contribution in [0.2, 0.25) is 0 Å². The third-order valence-corrected chi connectivity index (χ3v) is 4.29. The quantitative estimate of drug-likeness (QED) is 0.727. The van der Waals surface area contributed by atoms with E-state index in [0.29, 0.717) is 5.78 Å². The van der Waals surface area contributed by atoms with Gasteiger partial charge in [-0.15, -0.1) is 0 Å². The van der Waals surface area contributed by atoms with E-state index < -0.39 is 0 Å². The van der Waals surface area contributed by atoms with E-state index in [4.69, 9.17) is 0 Å². The molecule has 3 aliphatic heterocycles. The first-order valence-corrected chi connectivity index (χ1v) is 6.59. The highest BCUT2D eigenvalue weighted by atomic mass is 16.1. The van der Waals surface area contributed by atoms with E-state index in [1.54, 1.807) is 0 Å². The fourth-order valence-electron chi connectivity index (χ4n) is 3.15. The van der Waals surface area contributed by atoms with Crippen LogP contribution in [0.5, 0.6) is 0 Å². The molecule has 0 unspecified atom stereocenters. The number of piperidine rings is 3. The van der Waals surface area contributed by atoms with E-state index in [1.165, 1.54) is 18.4 Å². The molecule has 3 saturated heterocycles. The van der Waals surface area contributed by atoms with Crippen LogP contribution in [0.15, 0.2) is 24.3 Å². The Balaban J connectivity index is 1.80. The molecule has 0 aromatic heterocycles. The summed E-state index contributed by atoms with van der Waals surface area (Å²) in [6.07, 6.45) is 3.65. The van der Waals surface area contributed by atoms with Crippen LogP contribution in [-0.2, 0) is 0 Å². The van der Waals surface area contributed by atoms with Gasteiger partial charge >= 0.3 is 0 Å². The molecule has 0 amide bonds. The molecule has 0 saturated carbocycles.